The van der Waals surface area contributed by atoms with Gasteiger partial charge in [-0.1, -0.05) is 29.8 Å². The van der Waals surface area contributed by atoms with Gasteiger partial charge in [0.25, 0.3) is 5.91 Å². The molecule has 2 heterocycles. The van der Waals surface area contributed by atoms with Crippen molar-refractivity contribution in [2.24, 2.45) is 0 Å². The molecule has 1 N–H and O–H groups in total. The van der Waals surface area contributed by atoms with E-state index in [1.807, 2.05) is 0 Å². The lowest BCUT2D eigenvalue weighted by atomic mass is 10.1. The van der Waals surface area contributed by atoms with Gasteiger partial charge in [-0.3, -0.25) is 4.79 Å². The number of carbonyl (C=O) groups excluding carboxylic acids is 1. The summed E-state index contributed by atoms with van der Waals surface area (Å²) < 4.78 is 38.7. The van der Waals surface area contributed by atoms with Crippen LogP contribution in [0.3, 0.4) is 0 Å². The summed E-state index contributed by atoms with van der Waals surface area (Å²) in [5.41, 5.74) is 1.16. The fourth-order valence-electron chi connectivity index (χ4n) is 2.85. The largest absolute Gasteiger partial charge is 0.319 e. The Morgan fingerprint density at radius 2 is 1.92 bits per heavy atom. The Balaban J connectivity index is 1.75. The molecule has 26 heavy (non-hydrogen) atoms. The highest BCUT2D eigenvalue weighted by Gasteiger charge is 2.31. The van der Waals surface area contributed by atoms with E-state index in [0.717, 1.165) is 0 Å². The molecule has 0 aliphatic carbocycles. The molecule has 0 bridgehead atoms. The summed E-state index contributed by atoms with van der Waals surface area (Å²) in [5, 5.41) is 2.85. The topological polar surface area (TPSA) is 63.2 Å². The third-order valence-corrected chi connectivity index (χ3v) is 7.17. The van der Waals surface area contributed by atoms with Crippen molar-refractivity contribution in [1.82, 2.24) is 0 Å². The molecule has 0 radical (unpaired) electrons. The van der Waals surface area contributed by atoms with E-state index in [9.17, 15) is 17.6 Å². The molecule has 1 aromatic heterocycles. The van der Waals surface area contributed by atoms with E-state index in [1.165, 1.54) is 35.6 Å². The van der Waals surface area contributed by atoms with Crippen molar-refractivity contribution in [1.29, 1.82) is 0 Å². The first-order chi connectivity index (χ1) is 12.3. The van der Waals surface area contributed by atoms with E-state index in [2.05, 4.69) is 5.32 Å². The highest BCUT2D eigenvalue weighted by atomic mass is 35.5. The maximum atomic E-state index is 13.7. The van der Waals surface area contributed by atoms with Crippen molar-refractivity contribution in [3.63, 3.8) is 0 Å². The first-order valence-corrected chi connectivity index (χ1v) is 10.4. The Morgan fingerprint density at radius 3 is 2.69 bits per heavy atom. The minimum Gasteiger partial charge on any atom is -0.319 e. The van der Waals surface area contributed by atoms with Gasteiger partial charge in [0.05, 0.1) is 21.2 Å². The highest BCUT2D eigenvalue weighted by molar-refractivity contribution is 7.91. The number of sulfone groups is 1. The van der Waals surface area contributed by atoms with E-state index in [0.29, 0.717) is 25.9 Å². The van der Waals surface area contributed by atoms with Crippen molar-refractivity contribution in [3.8, 4) is 10.4 Å². The summed E-state index contributed by atoms with van der Waals surface area (Å²) in [6.45, 7) is 0. The van der Waals surface area contributed by atoms with Crippen LogP contribution in [-0.4, -0.2) is 14.3 Å². The Bertz CT molecular complexity index is 1150. The molecule has 0 fully saturated rings. The second-order valence-corrected chi connectivity index (χ2v) is 9.25. The van der Waals surface area contributed by atoms with Crippen molar-refractivity contribution in [2.45, 2.75) is 10.6 Å². The Hall–Kier alpha value is -2.22. The molecule has 1 aliphatic rings. The van der Waals surface area contributed by atoms with Crippen LogP contribution in [0.1, 0.15) is 15.2 Å². The standard InChI is InChI=1S/C18H11ClFNO3S2/c19-11-5-6-12-16(8-11)26(23,24)9-10-7-15(25-17(10)12)18(22)21-14-4-2-1-3-13(14)20/h1-8H,9H2,(H,21,22). The van der Waals surface area contributed by atoms with Crippen LogP contribution in [0.25, 0.3) is 10.4 Å². The zero-order valence-electron chi connectivity index (χ0n) is 13.1. The number of hydrogen-bond acceptors (Lipinski definition) is 4. The quantitative estimate of drug-likeness (QED) is 0.666. The average Bonchev–Trinajstić information content (AvgIpc) is 3.00. The lowest BCUT2D eigenvalue weighted by molar-refractivity contribution is 0.103. The molecule has 2 aromatic carbocycles. The molecule has 1 aliphatic heterocycles. The van der Waals surface area contributed by atoms with Gasteiger partial charge in [0.2, 0.25) is 0 Å². The predicted octanol–water partition coefficient (Wildman–Crippen LogP) is 4.75. The summed E-state index contributed by atoms with van der Waals surface area (Å²) in [6.07, 6.45) is 0. The van der Waals surface area contributed by atoms with Gasteiger partial charge >= 0.3 is 0 Å². The lowest BCUT2D eigenvalue weighted by Gasteiger charge is -2.16. The second-order valence-electron chi connectivity index (χ2n) is 5.80. The summed E-state index contributed by atoms with van der Waals surface area (Å²) in [6, 6.07) is 12.1. The zero-order chi connectivity index (χ0) is 18.5. The van der Waals surface area contributed by atoms with E-state index < -0.39 is 21.6 Å². The Morgan fingerprint density at radius 1 is 1.15 bits per heavy atom. The molecular formula is C18H11ClFNO3S2. The van der Waals surface area contributed by atoms with Gasteiger partial charge in [-0.25, -0.2) is 12.8 Å². The van der Waals surface area contributed by atoms with Crippen molar-refractivity contribution >= 4 is 44.4 Å². The third-order valence-electron chi connectivity index (χ3n) is 4.02. The first-order valence-electron chi connectivity index (χ1n) is 7.56. The van der Waals surface area contributed by atoms with Gasteiger partial charge in [-0.05, 0) is 35.9 Å². The fourth-order valence-corrected chi connectivity index (χ4v) is 5.96. The number of carbonyl (C=O) groups is 1. The number of benzene rings is 2. The zero-order valence-corrected chi connectivity index (χ0v) is 15.5. The number of para-hydroxylation sites is 1. The molecule has 4 rings (SSSR count). The number of amides is 1. The maximum absolute atomic E-state index is 13.7. The second kappa shape index (κ2) is 6.19. The van der Waals surface area contributed by atoms with Gasteiger partial charge < -0.3 is 5.32 Å². The third kappa shape index (κ3) is 2.92. The molecule has 0 saturated heterocycles. The van der Waals surface area contributed by atoms with E-state index in [1.54, 1.807) is 24.3 Å². The average molecular weight is 408 g/mol. The van der Waals surface area contributed by atoms with Crippen LogP contribution in [-0.2, 0) is 15.6 Å². The molecule has 1 amide bonds. The summed E-state index contributed by atoms with van der Waals surface area (Å²) in [7, 11) is -3.53. The van der Waals surface area contributed by atoms with Gasteiger partial charge in [-0.2, -0.15) is 0 Å². The van der Waals surface area contributed by atoms with Crippen LogP contribution in [0, 0.1) is 5.82 Å². The Kier molecular flexibility index (Phi) is 4.10. The molecule has 0 atom stereocenters. The summed E-state index contributed by atoms with van der Waals surface area (Å²) in [4.78, 5) is 13.7. The smallest absolute Gasteiger partial charge is 0.265 e. The normalized spacial score (nSPS) is 14.4. The predicted molar refractivity (Wildman–Crippen MR) is 100 cm³/mol. The number of anilines is 1. The first kappa shape index (κ1) is 17.2. The molecule has 0 saturated carbocycles. The number of halogens is 2. The van der Waals surface area contributed by atoms with E-state index >= 15 is 0 Å². The summed E-state index contributed by atoms with van der Waals surface area (Å²) >= 11 is 7.11. The van der Waals surface area contributed by atoms with Crippen LogP contribution in [0.4, 0.5) is 10.1 Å². The maximum Gasteiger partial charge on any atom is 0.265 e. The SMILES string of the molecule is O=C(Nc1ccccc1F)c1cc2c(s1)-c1ccc(Cl)cc1S(=O)(=O)C2. The molecule has 8 heteroatoms. The van der Waals surface area contributed by atoms with Crippen molar-refractivity contribution in [3.05, 3.63) is 69.8 Å². The molecule has 3 aromatic rings. The molecule has 4 nitrogen and oxygen atoms in total. The number of fused-ring (bicyclic) bond motifs is 3. The highest BCUT2D eigenvalue weighted by Crippen LogP contribution is 2.43. The molecule has 132 valence electrons. The monoisotopic (exact) mass is 407 g/mol. The van der Waals surface area contributed by atoms with E-state index in [-0.39, 0.29) is 16.3 Å². The lowest BCUT2D eigenvalue weighted by Crippen LogP contribution is -2.12. The fraction of sp³-hybridized carbons (Fsp3) is 0.0556. The number of hydrogen-bond donors (Lipinski definition) is 1. The number of thiophene rings is 1. The summed E-state index contributed by atoms with van der Waals surface area (Å²) in [5.74, 6) is -1.22. The minimum atomic E-state index is -3.53. The molecule has 0 unspecified atom stereocenters. The van der Waals surface area contributed by atoms with Crippen LogP contribution >= 0.6 is 22.9 Å². The molecule has 0 spiro atoms. The van der Waals surface area contributed by atoms with Crippen molar-refractivity contribution in [2.75, 3.05) is 5.32 Å². The Labute approximate surface area is 158 Å². The van der Waals surface area contributed by atoms with Crippen LogP contribution in [0.2, 0.25) is 5.02 Å². The van der Waals surface area contributed by atoms with Crippen molar-refractivity contribution < 1.29 is 17.6 Å². The van der Waals surface area contributed by atoms with Crippen LogP contribution < -0.4 is 5.32 Å². The van der Waals surface area contributed by atoms with Gasteiger partial charge in [0.15, 0.2) is 9.84 Å². The van der Waals surface area contributed by atoms with E-state index in [4.69, 9.17) is 11.6 Å². The molecular weight excluding hydrogens is 397 g/mol. The number of nitrogens with one attached hydrogen (secondary N) is 1. The van der Waals surface area contributed by atoms with Crippen LogP contribution in [0.5, 0.6) is 0 Å². The van der Waals surface area contributed by atoms with Gasteiger partial charge in [0.1, 0.15) is 5.82 Å². The van der Waals surface area contributed by atoms with Crippen LogP contribution in [0.15, 0.2) is 53.4 Å². The minimum absolute atomic E-state index is 0.0728. The van der Waals surface area contributed by atoms with Gasteiger partial charge in [0, 0.05) is 15.5 Å². The number of rotatable bonds is 2. The van der Waals surface area contributed by atoms with Gasteiger partial charge in [-0.15, -0.1) is 11.3 Å².